The third-order valence-corrected chi connectivity index (χ3v) is 5.65. The highest BCUT2D eigenvalue weighted by Crippen LogP contribution is 2.33. The number of aryl methyl sites for hydroxylation is 2. The van der Waals surface area contributed by atoms with Crippen LogP contribution in [0, 0.1) is 25.7 Å². The van der Waals surface area contributed by atoms with Gasteiger partial charge in [-0.2, -0.15) is 0 Å². The maximum Gasteiger partial charge on any atom is 0.289 e. The van der Waals surface area contributed by atoms with E-state index >= 15 is 0 Å². The lowest BCUT2D eigenvalue weighted by Crippen LogP contribution is -2.35. The summed E-state index contributed by atoms with van der Waals surface area (Å²) in [5.74, 6) is 2.47. The summed E-state index contributed by atoms with van der Waals surface area (Å²) in [6.07, 6.45) is 0.913. The molecule has 0 aliphatic carbocycles. The number of benzene rings is 1. The van der Waals surface area contributed by atoms with Crippen LogP contribution in [0.2, 0.25) is 0 Å². The van der Waals surface area contributed by atoms with E-state index < -0.39 is 0 Å². The van der Waals surface area contributed by atoms with Crippen molar-refractivity contribution in [2.75, 3.05) is 13.1 Å². The molecule has 1 N–H and O–H groups in total. The van der Waals surface area contributed by atoms with Gasteiger partial charge < -0.3 is 9.88 Å². The van der Waals surface area contributed by atoms with Crippen LogP contribution in [-0.2, 0) is 19.5 Å². The Morgan fingerprint density at radius 1 is 1.11 bits per heavy atom. The second-order valence-corrected chi connectivity index (χ2v) is 8.59. The Morgan fingerprint density at radius 3 is 2.52 bits per heavy atom. The van der Waals surface area contributed by atoms with Crippen molar-refractivity contribution in [2.24, 2.45) is 11.8 Å². The van der Waals surface area contributed by atoms with Gasteiger partial charge in [-0.15, -0.1) is 10.2 Å². The number of amides is 1. The van der Waals surface area contributed by atoms with Crippen molar-refractivity contribution in [1.82, 2.24) is 25.0 Å². The van der Waals surface area contributed by atoms with E-state index in [0.29, 0.717) is 17.7 Å². The summed E-state index contributed by atoms with van der Waals surface area (Å²) in [5.41, 5.74) is 4.05. The lowest BCUT2D eigenvalue weighted by Gasteiger charge is -2.25. The van der Waals surface area contributed by atoms with Gasteiger partial charge in [0.1, 0.15) is 5.82 Å². The van der Waals surface area contributed by atoms with E-state index in [1.165, 1.54) is 16.7 Å². The highest BCUT2D eigenvalue weighted by atomic mass is 16.2. The Morgan fingerprint density at radius 2 is 1.81 bits per heavy atom. The summed E-state index contributed by atoms with van der Waals surface area (Å²) in [6.45, 7) is 12.3. The number of carbonyl (C=O) groups is 1. The number of aromatic nitrogens is 3. The number of fused-ring (bicyclic) bond motifs is 2. The molecular weight excluding hydrogens is 338 g/mol. The minimum absolute atomic E-state index is 0.0987. The van der Waals surface area contributed by atoms with E-state index in [-0.39, 0.29) is 11.9 Å². The summed E-state index contributed by atoms with van der Waals surface area (Å²) >= 11 is 0. The Bertz CT molecular complexity index is 836. The van der Waals surface area contributed by atoms with Gasteiger partial charge in [-0.3, -0.25) is 9.69 Å². The van der Waals surface area contributed by atoms with E-state index in [1.54, 1.807) is 0 Å². The fourth-order valence-corrected chi connectivity index (χ4v) is 4.66. The van der Waals surface area contributed by atoms with Gasteiger partial charge in [0, 0.05) is 38.6 Å². The van der Waals surface area contributed by atoms with Crippen LogP contribution in [0.15, 0.2) is 18.2 Å². The Hall–Kier alpha value is -2.21. The first-order valence-corrected chi connectivity index (χ1v) is 9.91. The van der Waals surface area contributed by atoms with Crippen molar-refractivity contribution in [3.63, 3.8) is 0 Å². The number of rotatable bonds is 4. The van der Waals surface area contributed by atoms with Gasteiger partial charge in [0.2, 0.25) is 5.82 Å². The van der Waals surface area contributed by atoms with E-state index in [0.717, 1.165) is 38.4 Å². The molecule has 0 radical (unpaired) electrons. The molecule has 2 aliphatic heterocycles. The average Bonchev–Trinajstić information content (AvgIpc) is 3.13. The first kappa shape index (κ1) is 18.2. The molecule has 1 aromatic carbocycles. The molecule has 0 bridgehead atoms. The van der Waals surface area contributed by atoms with E-state index in [4.69, 9.17) is 0 Å². The molecule has 0 saturated carbocycles. The van der Waals surface area contributed by atoms with E-state index in [2.05, 4.69) is 52.5 Å². The van der Waals surface area contributed by atoms with Crippen LogP contribution in [0.25, 0.3) is 0 Å². The minimum atomic E-state index is -0.118. The standard InChI is InChI=1S/C21H29N5O/c1-13(2)22-21(27)20-24-23-19-8-17-10-25(11-18(17)12-26(19)20)9-16-6-14(3)5-15(4)7-16/h5-7,13,17-18H,8-12H2,1-4H3,(H,22,27)/t17-,18-/m1/s1. The fourth-order valence-electron chi connectivity index (χ4n) is 4.66. The first-order valence-electron chi connectivity index (χ1n) is 9.91. The second kappa shape index (κ2) is 7.08. The summed E-state index contributed by atoms with van der Waals surface area (Å²) in [4.78, 5) is 15.0. The van der Waals surface area contributed by atoms with Crippen molar-refractivity contribution in [1.29, 1.82) is 0 Å². The molecule has 1 fully saturated rings. The normalized spacial score (nSPS) is 22.0. The zero-order chi connectivity index (χ0) is 19.1. The number of nitrogens with zero attached hydrogens (tertiary/aromatic N) is 4. The predicted octanol–water partition coefficient (Wildman–Crippen LogP) is 2.34. The topological polar surface area (TPSA) is 63.1 Å². The maximum atomic E-state index is 12.4. The molecule has 6 heteroatoms. The maximum absolute atomic E-state index is 12.4. The number of nitrogens with one attached hydrogen (secondary N) is 1. The monoisotopic (exact) mass is 367 g/mol. The Balaban J connectivity index is 1.45. The van der Waals surface area contributed by atoms with Gasteiger partial charge in [0.05, 0.1) is 0 Å². The zero-order valence-electron chi connectivity index (χ0n) is 16.7. The molecular formula is C21H29N5O. The Labute approximate surface area is 161 Å². The van der Waals surface area contributed by atoms with Gasteiger partial charge >= 0.3 is 0 Å². The van der Waals surface area contributed by atoms with Crippen molar-refractivity contribution in [3.05, 3.63) is 46.5 Å². The molecule has 2 aliphatic rings. The van der Waals surface area contributed by atoms with Crippen LogP contribution in [0.1, 0.15) is 47.0 Å². The van der Waals surface area contributed by atoms with E-state index in [9.17, 15) is 4.79 Å². The number of carbonyl (C=O) groups excluding carboxylic acids is 1. The number of hydrogen-bond donors (Lipinski definition) is 1. The SMILES string of the molecule is Cc1cc(C)cc(CN2C[C@H]3Cc4nnc(C(=O)NC(C)C)n4C[C@H]3C2)c1. The third-order valence-electron chi connectivity index (χ3n) is 5.65. The zero-order valence-corrected chi connectivity index (χ0v) is 16.7. The van der Waals surface area contributed by atoms with Crippen LogP contribution in [0.4, 0.5) is 0 Å². The quantitative estimate of drug-likeness (QED) is 0.901. The second-order valence-electron chi connectivity index (χ2n) is 8.59. The molecule has 1 saturated heterocycles. The first-order chi connectivity index (χ1) is 12.9. The molecule has 0 spiro atoms. The van der Waals surface area contributed by atoms with Crippen LogP contribution < -0.4 is 5.32 Å². The van der Waals surface area contributed by atoms with Gasteiger partial charge in [-0.05, 0) is 45.1 Å². The molecule has 144 valence electrons. The smallest absolute Gasteiger partial charge is 0.289 e. The summed E-state index contributed by atoms with van der Waals surface area (Å²) in [5, 5.41) is 11.4. The lowest BCUT2D eigenvalue weighted by molar-refractivity contribution is 0.0924. The molecule has 2 aromatic rings. The number of likely N-dealkylation sites (tertiary alicyclic amines) is 1. The van der Waals surface area contributed by atoms with Crippen LogP contribution in [0.3, 0.4) is 0 Å². The molecule has 2 atom stereocenters. The lowest BCUT2D eigenvalue weighted by atomic mass is 9.89. The van der Waals surface area contributed by atoms with E-state index in [1.807, 2.05) is 18.4 Å². The van der Waals surface area contributed by atoms with Crippen LogP contribution >= 0.6 is 0 Å². The molecule has 4 rings (SSSR count). The molecule has 1 amide bonds. The van der Waals surface area contributed by atoms with Gasteiger partial charge in [-0.25, -0.2) is 0 Å². The molecule has 27 heavy (non-hydrogen) atoms. The van der Waals surface area contributed by atoms with Crippen molar-refractivity contribution >= 4 is 5.91 Å². The molecule has 6 nitrogen and oxygen atoms in total. The fraction of sp³-hybridized carbons (Fsp3) is 0.571. The summed E-state index contributed by atoms with van der Waals surface area (Å²) < 4.78 is 2.04. The predicted molar refractivity (Wildman–Crippen MR) is 105 cm³/mol. The Kier molecular flexibility index (Phi) is 4.76. The highest BCUT2D eigenvalue weighted by Gasteiger charge is 2.39. The largest absolute Gasteiger partial charge is 0.347 e. The molecule has 1 aromatic heterocycles. The molecule has 3 heterocycles. The minimum Gasteiger partial charge on any atom is -0.347 e. The van der Waals surface area contributed by atoms with Crippen molar-refractivity contribution in [3.8, 4) is 0 Å². The van der Waals surface area contributed by atoms with Crippen LogP contribution in [-0.4, -0.2) is 44.7 Å². The number of hydrogen-bond acceptors (Lipinski definition) is 4. The van der Waals surface area contributed by atoms with Gasteiger partial charge in [0.25, 0.3) is 5.91 Å². The van der Waals surface area contributed by atoms with Crippen LogP contribution in [0.5, 0.6) is 0 Å². The molecule has 0 unspecified atom stereocenters. The highest BCUT2D eigenvalue weighted by molar-refractivity contribution is 5.90. The van der Waals surface area contributed by atoms with Crippen molar-refractivity contribution in [2.45, 2.75) is 53.2 Å². The summed E-state index contributed by atoms with van der Waals surface area (Å²) in [6, 6.07) is 6.90. The third kappa shape index (κ3) is 3.76. The van der Waals surface area contributed by atoms with Gasteiger partial charge in [0.15, 0.2) is 0 Å². The van der Waals surface area contributed by atoms with Crippen molar-refractivity contribution < 1.29 is 4.79 Å². The van der Waals surface area contributed by atoms with Gasteiger partial charge in [-0.1, -0.05) is 29.3 Å². The average molecular weight is 367 g/mol. The summed E-state index contributed by atoms with van der Waals surface area (Å²) in [7, 11) is 0.